The van der Waals surface area contributed by atoms with Crippen LogP contribution in [-0.4, -0.2) is 21.5 Å². The molecule has 32 heavy (non-hydrogen) atoms. The lowest BCUT2D eigenvalue weighted by atomic mass is 10.1. The Kier molecular flexibility index (Phi) is 10.3. The molecule has 3 nitrogen and oxygen atoms in total. The van der Waals surface area contributed by atoms with E-state index in [0.717, 1.165) is 16.9 Å². The predicted molar refractivity (Wildman–Crippen MR) is 137 cm³/mol. The Morgan fingerprint density at radius 2 is 1.78 bits per heavy atom. The van der Waals surface area contributed by atoms with Crippen LogP contribution in [0.1, 0.15) is 37.2 Å². The first kappa shape index (κ1) is 25.5. The lowest BCUT2D eigenvalue weighted by Crippen LogP contribution is -2.02. The first-order chi connectivity index (χ1) is 15.4. The van der Waals surface area contributed by atoms with Crippen molar-refractivity contribution in [3.05, 3.63) is 94.8 Å². The maximum atomic E-state index is 10.9. The summed E-state index contributed by atoms with van der Waals surface area (Å²) in [6.07, 6.45) is 6.59. The van der Waals surface area contributed by atoms with E-state index < -0.39 is 5.97 Å². The summed E-state index contributed by atoms with van der Waals surface area (Å²) in [5, 5.41) is 9.64. The molecule has 168 valence electrons. The summed E-state index contributed by atoms with van der Waals surface area (Å²) < 4.78 is 2.23. The summed E-state index contributed by atoms with van der Waals surface area (Å²) in [7, 11) is 0. The molecule has 0 unspecified atom stereocenters. The maximum absolute atomic E-state index is 10.9. The third-order valence-corrected chi connectivity index (χ3v) is 5.71. The van der Waals surface area contributed by atoms with E-state index in [4.69, 9.17) is 28.3 Å². The second-order valence-corrected chi connectivity index (χ2v) is 7.96. The first-order valence-corrected chi connectivity index (χ1v) is 11.4. The number of benzene rings is 2. The second kappa shape index (κ2) is 12.9. The Bertz CT molecular complexity index is 1080. The standard InChI is InChI=1S/C23H23NO2.C4H6Cl2/c1-3-8-20-16-22(19-10-5-4-6-11-19)17(2)24(20)21-12-7-9-18(15-21)13-14-23(25)26;1-2-4(6)3-5/h3-12,15-16H,13-14H2,1-2H3,(H,25,26);2H,3H2,1H3/b8-3+;4-2+. The smallest absolute Gasteiger partial charge is 0.303 e. The maximum Gasteiger partial charge on any atom is 0.303 e. The van der Waals surface area contributed by atoms with Gasteiger partial charge in [0.15, 0.2) is 0 Å². The Morgan fingerprint density at radius 1 is 1.06 bits per heavy atom. The zero-order valence-corrected chi connectivity index (χ0v) is 20.2. The van der Waals surface area contributed by atoms with Gasteiger partial charge in [0.05, 0.1) is 5.88 Å². The number of hydrogen-bond acceptors (Lipinski definition) is 1. The van der Waals surface area contributed by atoms with Gasteiger partial charge in [-0.05, 0) is 62.6 Å². The number of halogens is 2. The van der Waals surface area contributed by atoms with E-state index in [1.54, 1.807) is 6.08 Å². The molecule has 0 spiro atoms. The van der Waals surface area contributed by atoms with Gasteiger partial charge in [-0.3, -0.25) is 4.79 Å². The van der Waals surface area contributed by atoms with Crippen molar-refractivity contribution in [2.45, 2.75) is 33.6 Å². The fraction of sp³-hybridized carbons (Fsp3) is 0.222. The number of alkyl halides is 1. The van der Waals surface area contributed by atoms with E-state index in [1.807, 2.05) is 50.3 Å². The highest BCUT2D eigenvalue weighted by Crippen LogP contribution is 2.30. The van der Waals surface area contributed by atoms with Crippen LogP contribution in [0.25, 0.3) is 22.9 Å². The lowest BCUT2D eigenvalue weighted by Gasteiger charge is -2.12. The van der Waals surface area contributed by atoms with Crippen LogP contribution in [0, 0.1) is 6.92 Å². The minimum Gasteiger partial charge on any atom is -0.481 e. The SMILES string of the molecule is C/C=C(/Cl)CCl.C/C=C/c1cc(-c2ccccc2)c(C)n1-c1cccc(CCC(=O)O)c1. The molecule has 0 amide bonds. The van der Waals surface area contributed by atoms with Crippen LogP contribution in [0.5, 0.6) is 0 Å². The zero-order valence-electron chi connectivity index (χ0n) is 18.7. The Balaban J connectivity index is 0.000000534. The average molecular weight is 470 g/mol. The highest BCUT2D eigenvalue weighted by molar-refractivity contribution is 6.35. The van der Waals surface area contributed by atoms with E-state index in [-0.39, 0.29) is 6.42 Å². The Morgan fingerprint density at radius 3 is 2.34 bits per heavy atom. The summed E-state index contributed by atoms with van der Waals surface area (Å²) in [6, 6.07) is 20.7. The molecule has 5 heteroatoms. The normalized spacial score (nSPS) is 11.3. The largest absolute Gasteiger partial charge is 0.481 e. The predicted octanol–water partition coefficient (Wildman–Crippen LogP) is 7.87. The molecule has 1 heterocycles. The van der Waals surface area contributed by atoms with Gasteiger partial charge in [-0.2, -0.15) is 0 Å². The fourth-order valence-electron chi connectivity index (χ4n) is 3.36. The van der Waals surface area contributed by atoms with Gasteiger partial charge < -0.3 is 9.67 Å². The Labute approximate surface area is 200 Å². The number of nitrogens with zero attached hydrogens (tertiary/aromatic N) is 1. The van der Waals surface area contributed by atoms with Crippen LogP contribution in [0.15, 0.2) is 77.8 Å². The Hall–Kier alpha value is -2.75. The van der Waals surface area contributed by atoms with Crippen molar-refractivity contribution in [1.29, 1.82) is 0 Å². The van der Waals surface area contributed by atoms with Crippen LogP contribution in [0.2, 0.25) is 0 Å². The van der Waals surface area contributed by atoms with Crippen LogP contribution in [0.3, 0.4) is 0 Å². The average Bonchev–Trinajstić information content (AvgIpc) is 3.14. The minimum atomic E-state index is -0.770. The van der Waals surface area contributed by atoms with Gasteiger partial charge in [0.25, 0.3) is 0 Å². The second-order valence-electron chi connectivity index (χ2n) is 7.20. The number of allylic oxidation sites excluding steroid dienone is 3. The van der Waals surface area contributed by atoms with Gasteiger partial charge in [-0.1, -0.05) is 66.2 Å². The van der Waals surface area contributed by atoms with Gasteiger partial charge in [-0.25, -0.2) is 0 Å². The highest BCUT2D eigenvalue weighted by Gasteiger charge is 2.13. The third-order valence-electron chi connectivity index (χ3n) is 4.94. The van der Waals surface area contributed by atoms with Crippen molar-refractivity contribution in [3.63, 3.8) is 0 Å². The first-order valence-electron chi connectivity index (χ1n) is 10.5. The van der Waals surface area contributed by atoms with Crippen LogP contribution < -0.4 is 0 Å². The van der Waals surface area contributed by atoms with Crippen molar-refractivity contribution in [2.24, 2.45) is 0 Å². The highest BCUT2D eigenvalue weighted by atomic mass is 35.5. The molecule has 0 radical (unpaired) electrons. The molecular weight excluding hydrogens is 441 g/mol. The summed E-state index contributed by atoms with van der Waals surface area (Å²) >= 11 is 10.6. The molecular formula is C27H29Cl2NO2. The molecule has 0 atom stereocenters. The number of carbonyl (C=O) groups is 1. The van der Waals surface area contributed by atoms with Gasteiger partial charge >= 0.3 is 5.97 Å². The van der Waals surface area contributed by atoms with Crippen LogP contribution in [0.4, 0.5) is 0 Å². The number of carboxylic acids is 1. The number of rotatable bonds is 7. The van der Waals surface area contributed by atoms with Gasteiger partial charge in [0.1, 0.15) is 0 Å². The molecule has 0 bridgehead atoms. The van der Waals surface area contributed by atoms with E-state index in [2.05, 4.69) is 47.9 Å². The van der Waals surface area contributed by atoms with Crippen LogP contribution in [-0.2, 0) is 11.2 Å². The van der Waals surface area contributed by atoms with Gasteiger partial charge in [0.2, 0.25) is 0 Å². The van der Waals surface area contributed by atoms with Gasteiger partial charge in [0, 0.05) is 34.1 Å². The molecule has 0 aliphatic carbocycles. The molecule has 0 aliphatic heterocycles. The van der Waals surface area contributed by atoms with Crippen molar-refractivity contribution < 1.29 is 9.90 Å². The molecule has 0 fully saturated rings. The third kappa shape index (κ3) is 7.15. The van der Waals surface area contributed by atoms with E-state index >= 15 is 0 Å². The molecule has 1 N–H and O–H groups in total. The summed E-state index contributed by atoms with van der Waals surface area (Å²) in [6.45, 7) is 5.99. The topological polar surface area (TPSA) is 42.2 Å². The molecule has 3 aromatic rings. The molecule has 1 aromatic heterocycles. The van der Waals surface area contributed by atoms with Crippen molar-refractivity contribution in [3.8, 4) is 16.8 Å². The van der Waals surface area contributed by atoms with E-state index in [9.17, 15) is 4.79 Å². The summed E-state index contributed by atoms with van der Waals surface area (Å²) in [5.74, 6) is -0.341. The molecule has 3 rings (SSSR count). The summed E-state index contributed by atoms with van der Waals surface area (Å²) in [4.78, 5) is 10.9. The van der Waals surface area contributed by atoms with Crippen molar-refractivity contribution in [1.82, 2.24) is 4.57 Å². The molecule has 0 saturated carbocycles. The number of aliphatic carboxylic acids is 1. The van der Waals surface area contributed by atoms with Crippen molar-refractivity contribution in [2.75, 3.05) is 5.88 Å². The van der Waals surface area contributed by atoms with Crippen molar-refractivity contribution >= 4 is 35.2 Å². The number of hydrogen-bond donors (Lipinski definition) is 1. The fourth-order valence-corrected chi connectivity index (χ4v) is 3.51. The quantitative estimate of drug-likeness (QED) is 0.357. The number of aromatic nitrogens is 1. The molecule has 2 aromatic carbocycles. The number of carboxylic acid groups (broad SMARTS) is 1. The number of aryl methyl sites for hydroxylation is 1. The van der Waals surface area contributed by atoms with Gasteiger partial charge in [-0.15, -0.1) is 11.6 Å². The monoisotopic (exact) mass is 469 g/mol. The van der Waals surface area contributed by atoms with Crippen LogP contribution >= 0.6 is 23.2 Å². The molecule has 0 aliphatic rings. The van der Waals surface area contributed by atoms with E-state index in [1.165, 1.54) is 16.8 Å². The lowest BCUT2D eigenvalue weighted by molar-refractivity contribution is -0.136. The summed E-state index contributed by atoms with van der Waals surface area (Å²) in [5.41, 5.74) is 6.76. The minimum absolute atomic E-state index is 0.144. The molecule has 0 saturated heterocycles. The zero-order chi connectivity index (χ0) is 23.5. The van der Waals surface area contributed by atoms with E-state index in [0.29, 0.717) is 17.3 Å².